The Labute approximate surface area is 219 Å². The first-order valence-electron chi connectivity index (χ1n) is 12.5. The molecule has 0 amide bonds. The van der Waals surface area contributed by atoms with E-state index in [-0.39, 0.29) is 0 Å². The Hall–Kier alpha value is -5.04. The van der Waals surface area contributed by atoms with E-state index in [1.54, 1.807) is 0 Å². The lowest BCUT2D eigenvalue weighted by Crippen LogP contribution is -2.21. The Balaban J connectivity index is 1.23. The van der Waals surface area contributed by atoms with Gasteiger partial charge in [-0.25, -0.2) is 4.98 Å². The normalized spacial score (nSPS) is 13.2. The van der Waals surface area contributed by atoms with Crippen LogP contribution < -0.4 is 9.64 Å². The first kappa shape index (κ1) is 22.2. The van der Waals surface area contributed by atoms with Crippen molar-refractivity contribution >= 4 is 27.5 Å². The van der Waals surface area contributed by atoms with E-state index < -0.39 is 0 Å². The zero-order valence-corrected chi connectivity index (χ0v) is 21.1. The molecule has 0 N–H and O–H groups in total. The predicted molar refractivity (Wildman–Crippen MR) is 150 cm³/mol. The van der Waals surface area contributed by atoms with Crippen molar-refractivity contribution in [1.29, 1.82) is 0 Å². The second-order valence-corrected chi connectivity index (χ2v) is 9.45. The van der Waals surface area contributed by atoms with Crippen molar-refractivity contribution in [1.82, 2.24) is 19.4 Å². The van der Waals surface area contributed by atoms with Crippen LogP contribution >= 0.6 is 0 Å². The number of rotatable bonds is 5. The van der Waals surface area contributed by atoms with Crippen LogP contribution in [-0.4, -0.2) is 33.2 Å². The molecular weight excluding hydrogens is 474 g/mol. The molecule has 7 heteroatoms. The summed E-state index contributed by atoms with van der Waals surface area (Å²) in [6.07, 6.45) is 7.81. The van der Waals surface area contributed by atoms with Crippen molar-refractivity contribution in [3.63, 3.8) is 0 Å². The van der Waals surface area contributed by atoms with Crippen LogP contribution in [0.4, 0.5) is 5.69 Å². The molecule has 0 spiro atoms. The molecule has 0 bridgehead atoms. The molecular formula is C31H25N5O2. The first-order valence-corrected chi connectivity index (χ1v) is 12.5. The summed E-state index contributed by atoms with van der Waals surface area (Å²) in [6, 6.07) is 26.3. The summed E-state index contributed by atoms with van der Waals surface area (Å²) in [5.41, 5.74) is 4.76. The molecule has 7 nitrogen and oxygen atoms in total. The Bertz CT molecular complexity index is 1780. The average molecular weight is 500 g/mol. The second-order valence-electron chi connectivity index (χ2n) is 9.45. The van der Waals surface area contributed by atoms with Crippen LogP contribution in [0, 0.1) is 6.92 Å². The highest BCUT2D eigenvalue weighted by atomic mass is 16.5. The van der Waals surface area contributed by atoms with Crippen LogP contribution in [0.1, 0.15) is 5.69 Å². The van der Waals surface area contributed by atoms with E-state index in [0.29, 0.717) is 17.5 Å². The van der Waals surface area contributed by atoms with Gasteiger partial charge >= 0.3 is 0 Å². The molecule has 1 aliphatic rings. The molecule has 186 valence electrons. The van der Waals surface area contributed by atoms with E-state index in [1.165, 1.54) is 0 Å². The van der Waals surface area contributed by atoms with Gasteiger partial charge in [-0.3, -0.25) is 9.55 Å². The van der Waals surface area contributed by atoms with Gasteiger partial charge in [0.25, 0.3) is 0 Å². The average Bonchev–Trinajstić information content (AvgIpc) is 3.64. The molecule has 0 unspecified atom stereocenters. The van der Waals surface area contributed by atoms with Crippen molar-refractivity contribution in [2.75, 3.05) is 18.6 Å². The van der Waals surface area contributed by atoms with Crippen molar-refractivity contribution in [2.24, 2.45) is 0 Å². The fourth-order valence-electron chi connectivity index (χ4n) is 5.01. The van der Waals surface area contributed by atoms with E-state index >= 15 is 0 Å². The van der Waals surface area contributed by atoms with E-state index in [2.05, 4.69) is 57.0 Å². The summed E-state index contributed by atoms with van der Waals surface area (Å²) >= 11 is 0. The number of hydrogen-bond acceptors (Lipinski definition) is 6. The van der Waals surface area contributed by atoms with Gasteiger partial charge in [0, 0.05) is 53.7 Å². The molecule has 6 aromatic rings. The van der Waals surface area contributed by atoms with E-state index in [1.807, 2.05) is 80.0 Å². The van der Waals surface area contributed by atoms with Gasteiger partial charge in [0.05, 0.1) is 23.9 Å². The van der Waals surface area contributed by atoms with Crippen molar-refractivity contribution < 1.29 is 9.15 Å². The zero-order chi connectivity index (χ0) is 25.6. The number of benzene rings is 3. The van der Waals surface area contributed by atoms with Gasteiger partial charge in [0.1, 0.15) is 17.2 Å². The van der Waals surface area contributed by atoms with Gasteiger partial charge in [-0.2, -0.15) is 0 Å². The second kappa shape index (κ2) is 8.81. The van der Waals surface area contributed by atoms with Gasteiger partial charge in [-0.15, -0.1) is 0 Å². The molecule has 4 heterocycles. The number of pyridine rings is 1. The van der Waals surface area contributed by atoms with Crippen LogP contribution in [0.5, 0.6) is 11.5 Å². The van der Waals surface area contributed by atoms with Gasteiger partial charge in [0.15, 0.2) is 0 Å². The Morgan fingerprint density at radius 1 is 0.842 bits per heavy atom. The number of nitrogens with zero attached hydrogens (tertiary/aromatic N) is 5. The number of oxazole rings is 1. The molecule has 7 rings (SSSR count). The smallest absolute Gasteiger partial charge is 0.229 e. The molecule has 0 fully saturated rings. The van der Waals surface area contributed by atoms with Gasteiger partial charge in [0.2, 0.25) is 11.8 Å². The molecule has 0 atom stereocenters. The number of ether oxygens (including phenoxy) is 1. The monoisotopic (exact) mass is 499 g/mol. The van der Waals surface area contributed by atoms with Crippen LogP contribution in [0.3, 0.4) is 0 Å². The molecule has 0 radical (unpaired) electrons. The number of aryl methyl sites for hydroxylation is 1. The van der Waals surface area contributed by atoms with Crippen LogP contribution in [0.2, 0.25) is 0 Å². The van der Waals surface area contributed by atoms with Crippen molar-refractivity contribution in [2.45, 2.75) is 6.92 Å². The fourth-order valence-corrected chi connectivity index (χ4v) is 5.01. The molecule has 0 saturated carbocycles. The summed E-state index contributed by atoms with van der Waals surface area (Å²) in [5, 5.41) is 2.28. The number of hydrogen-bond donors (Lipinski definition) is 0. The van der Waals surface area contributed by atoms with Gasteiger partial charge in [-0.1, -0.05) is 30.3 Å². The number of anilines is 1. The minimum absolute atomic E-state index is 0.539. The van der Waals surface area contributed by atoms with Crippen LogP contribution in [-0.2, 0) is 0 Å². The summed E-state index contributed by atoms with van der Waals surface area (Å²) in [7, 11) is 2.05. The lowest BCUT2D eigenvalue weighted by molar-refractivity contribution is 0.480. The largest absolute Gasteiger partial charge is 0.457 e. The highest BCUT2D eigenvalue weighted by molar-refractivity contribution is 6.08. The van der Waals surface area contributed by atoms with Crippen molar-refractivity contribution in [3.8, 4) is 28.8 Å². The zero-order valence-electron chi connectivity index (χ0n) is 21.1. The minimum Gasteiger partial charge on any atom is -0.457 e. The Morgan fingerprint density at radius 3 is 2.53 bits per heavy atom. The summed E-state index contributed by atoms with van der Waals surface area (Å²) < 4.78 is 14.8. The van der Waals surface area contributed by atoms with Crippen LogP contribution in [0.15, 0.2) is 108 Å². The lowest BCUT2D eigenvalue weighted by Gasteiger charge is -2.19. The molecule has 1 aliphatic heterocycles. The van der Waals surface area contributed by atoms with E-state index in [0.717, 1.165) is 51.2 Å². The molecule has 3 aromatic carbocycles. The van der Waals surface area contributed by atoms with Gasteiger partial charge < -0.3 is 19.0 Å². The lowest BCUT2D eigenvalue weighted by atomic mass is 10.2. The number of aromatic nitrogens is 3. The minimum atomic E-state index is 0.539. The number of fused-ring (bicyclic) bond motifs is 3. The molecule has 3 aromatic heterocycles. The maximum absolute atomic E-state index is 6.41. The predicted octanol–water partition coefficient (Wildman–Crippen LogP) is 7.11. The summed E-state index contributed by atoms with van der Waals surface area (Å²) in [6.45, 7) is 2.78. The maximum Gasteiger partial charge on any atom is 0.229 e. The third-order valence-electron chi connectivity index (χ3n) is 6.79. The van der Waals surface area contributed by atoms with Crippen LogP contribution in [0.25, 0.3) is 39.1 Å². The summed E-state index contributed by atoms with van der Waals surface area (Å²) in [4.78, 5) is 13.5. The topological polar surface area (TPSA) is 59.6 Å². The molecule has 0 aliphatic carbocycles. The SMILES string of the molecule is Cc1nc(-c2cccc(Oc3cccc(N4C=CN(C)C4)c3)c2)oc1-n1c2ccccc2c2ccncc21. The fraction of sp³-hybridized carbons (Fsp3) is 0.0968. The summed E-state index contributed by atoms with van der Waals surface area (Å²) in [5.74, 6) is 2.70. The first-order chi connectivity index (χ1) is 18.6. The van der Waals surface area contributed by atoms with Crippen molar-refractivity contribution in [3.05, 3.63) is 109 Å². The third kappa shape index (κ3) is 3.76. The highest BCUT2D eigenvalue weighted by Gasteiger charge is 2.19. The maximum atomic E-state index is 6.41. The quantitative estimate of drug-likeness (QED) is 0.252. The third-order valence-corrected chi connectivity index (χ3v) is 6.79. The Morgan fingerprint density at radius 2 is 1.66 bits per heavy atom. The molecule has 0 saturated heterocycles. The standard InChI is InChI=1S/C31H25N5O2/c1-21-31(36-28-12-4-3-11-26(28)27-13-14-32-19-29(27)36)38-30(33-21)22-7-5-9-24(17-22)37-25-10-6-8-23(18-25)35-16-15-34(2)20-35/h3-19H,20H2,1-2H3. The molecule has 38 heavy (non-hydrogen) atoms. The number of para-hydroxylation sites is 1. The van der Waals surface area contributed by atoms with Gasteiger partial charge in [-0.05, 0) is 49.4 Å². The van der Waals surface area contributed by atoms with E-state index in [9.17, 15) is 0 Å². The Kier molecular flexibility index (Phi) is 5.14. The van der Waals surface area contributed by atoms with E-state index in [4.69, 9.17) is 14.1 Å². The highest BCUT2D eigenvalue weighted by Crippen LogP contribution is 2.35.